The van der Waals surface area contributed by atoms with Crippen molar-refractivity contribution in [2.75, 3.05) is 5.75 Å². The zero-order valence-corrected chi connectivity index (χ0v) is 11.6. The van der Waals surface area contributed by atoms with Gasteiger partial charge in [0.15, 0.2) is 0 Å². The van der Waals surface area contributed by atoms with E-state index in [1.807, 2.05) is 6.92 Å². The average Bonchev–Trinajstić information content (AvgIpc) is 2.81. The number of carboxylic acid groups (broad SMARTS) is 1. The van der Waals surface area contributed by atoms with Crippen LogP contribution in [0, 0.1) is 12.7 Å². The molecule has 106 valence electrons. The van der Waals surface area contributed by atoms with Crippen molar-refractivity contribution in [2.45, 2.75) is 18.4 Å². The summed E-state index contributed by atoms with van der Waals surface area (Å²) in [5.74, 6) is -0.858. The van der Waals surface area contributed by atoms with Gasteiger partial charge in [0.25, 0.3) is 0 Å². The molecule has 2 rings (SSSR count). The highest BCUT2D eigenvalue weighted by Gasteiger charge is 2.14. The van der Waals surface area contributed by atoms with Gasteiger partial charge >= 0.3 is 5.97 Å². The molecule has 1 N–H and O–H groups in total. The minimum atomic E-state index is -1.60. The van der Waals surface area contributed by atoms with Crippen molar-refractivity contribution < 1.29 is 18.5 Å². The molecule has 1 aromatic carbocycles. The largest absolute Gasteiger partial charge is 0.478 e. The van der Waals surface area contributed by atoms with E-state index in [9.17, 15) is 13.4 Å². The van der Waals surface area contributed by atoms with Gasteiger partial charge in [0.1, 0.15) is 11.6 Å². The Morgan fingerprint density at radius 2 is 2.25 bits per heavy atom. The summed E-state index contributed by atoms with van der Waals surface area (Å²) < 4.78 is 27.5. The monoisotopic (exact) mass is 296 g/mol. The van der Waals surface area contributed by atoms with Crippen LogP contribution in [0.1, 0.15) is 16.2 Å². The number of aromatic carboxylic acids is 1. The Morgan fingerprint density at radius 3 is 2.85 bits per heavy atom. The molecule has 0 amide bonds. The van der Waals surface area contributed by atoms with Crippen LogP contribution in [0.5, 0.6) is 0 Å². The van der Waals surface area contributed by atoms with Crippen LogP contribution >= 0.6 is 0 Å². The molecule has 7 heteroatoms. The Balaban J connectivity index is 2.15. The predicted octanol–water partition coefficient (Wildman–Crippen LogP) is 1.84. The number of imidazole rings is 1. The number of benzene rings is 1. The van der Waals surface area contributed by atoms with Crippen LogP contribution in [-0.4, -0.2) is 30.6 Å². The molecule has 0 spiro atoms. The quantitative estimate of drug-likeness (QED) is 0.913. The number of carbonyl (C=O) groups is 1. The highest BCUT2D eigenvalue weighted by molar-refractivity contribution is 7.85. The lowest BCUT2D eigenvalue weighted by Crippen LogP contribution is -2.10. The molecular weight excluding hydrogens is 283 g/mol. The average molecular weight is 296 g/mol. The van der Waals surface area contributed by atoms with Crippen molar-refractivity contribution in [3.63, 3.8) is 0 Å². The molecule has 0 aliphatic rings. The van der Waals surface area contributed by atoms with E-state index in [0.717, 1.165) is 24.0 Å². The third kappa shape index (κ3) is 3.11. The summed E-state index contributed by atoms with van der Waals surface area (Å²) in [6.45, 7) is 2.24. The second kappa shape index (κ2) is 5.96. The minimum absolute atomic E-state index is 0.0754. The Labute approximate surface area is 117 Å². The third-order valence-electron chi connectivity index (χ3n) is 2.86. The van der Waals surface area contributed by atoms with Gasteiger partial charge in [-0.1, -0.05) is 0 Å². The van der Waals surface area contributed by atoms with E-state index >= 15 is 0 Å². The lowest BCUT2D eigenvalue weighted by molar-refractivity contribution is 0.0696. The van der Waals surface area contributed by atoms with Crippen LogP contribution in [0.25, 0.3) is 0 Å². The van der Waals surface area contributed by atoms with E-state index in [4.69, 9.17) is 5.11 Å². The summed E-state index contributed by atoms with van der Waals surface area (Å²) in [5, 5.41) is 8.86. The number of carboxylic acids is 1. The zero-order chi connectivity index (χ0) is 14.7. The van der Waals surface area contributed by atoms with Gasteiger partial charge in [-0.3, -0.25) is 4.21 Å². The Hall–Kier alpha value is -2.02. The number of aryl methyl sites for hydroxylation is 2. The fourth-order valence-electron chi connectivity index (χ4n) is 1.74. The van der Waals surface area contributed by atoms with Crippen LogP contribution in [0.2, 0.25) is 0 Å². The SMILES string of the molecule is Cc1nccn1CCS(=O)c1cc(C(=O)O)ccc1F. The smallest absolute Gasteiger partial charge is 0.335 e. The van der Waals surface area contributed by atoms with E-state index in [2.05, 4.69) is 4.98 Å². The van der Waals surface area contributed by atoms with Gasteiger partial charge in [0.05, 0.1) is 21.3 Å². The lowest BCUT2D eigenvalue weighted by atomic mass is 10.2. The Bertz CT molecular complexity index is 669. The van der Waals surface area contributed by atoms with Crippen molar-refractivity contribution in [3.05, 3.63) is 47.8 Å². The van der Waals surface area contributed by atoms with Crippen molar-refractivity contribution in [2.24, 2.45) is 0 Å². The second-order valence-electron chi connectivity index (χ2n) is 4.17. The van der Waals surface area contributed by atoms with Gasteiger partial charge < -0.3 is 9.67 Å². The summed E-state index contributed by atoms with van der Waals surface area (Å²) in [7, 11) is -1.60. The molecule has 0 saturated carbocycles. The van der Waals surface area contributed by atoms with Crippen molar-refractivity contribution in [3.8, 4) is 0 Å². The molecule has 20 heavy (non-hydrogen) atoms. The molecular formula is C13H13FN2O3S. The normalized spacial score (nSPS) is 12.3. The molecule has 1 heterocycles. The molecule has 0 bridgehead atoms. The van der Waals surface area contributed by atoms with E-state index in [-0.39, 0.29) is 16.2 Å². The first-order chi connectivity index (χ1) is 9.49. The van der Waals surface area contributed by atoms with Crippen LogP contribution in [0.4, 0.5) is 4.39 Å². The van der Waals surface area contributed by atoms with E-state index in [1.165, 1.54) is 0 Å². The molecule has 0 fully saturated rings. The highest BCUT2D eigenvalue weighted by atomic mass is 32.2. The third-order valence-corrected chi connectivity index (χ3v) is 4.22. The summed E-state index contributed by atoms with van der Waals surface area (Å²) in [6.07, 6.45) is 3.38. The Morgan fingerprint density at radius 1 is 1.50 bits per heavy atom. The number of hydrogen-bond donors (Lipinski definition) is 1. The summed E-state index contributed by atoms with van der Waals surface area (Å²) in [5.41, 5.74) is -0.0754. The molecule has 0 radical (unpaired) electrons. The number of nitrogens with zero attached hydrogens (tertiary/aromatic N) is 2. The fourth-order valence-corrected chi connectivity index (χ4v) is 2.87. The van der Waals surface area contributed by atoms with Crippen molar-refractivity contribution in [1.82, 2.24) is 9.55 Å². The van der Waals surface area contributed by atoms with Gasteiger partial charge in [0.2, 0.25) is 0 Å². The number of hydrogen-bond acceptors (Lipinski definition) is 3. The van der Waals surface area contributed by atoms with E-state index in [0.29, 0.717) is 6.54 Å². The maximum absolute atomic E-state index is 13.6. The highest BCUT2D eigenvalue weighted by Crippen LogP contribution is 2.15. The number of rotatable bonds is 5. The number of aromatic nitrogens is 2. The second-order valence-corrected chi connectivity index (χ2v) is 5.71. The van der Waals surface area contributed by atoms with Crippen molar-refractivity contribution in [1.29, 1.82) is 0 Å². The van der Waals surface area contributed by atoms with E-state index < -0.39 is 22.6 Å². The molecule has 1 unspecified atom stereocenters. The molecule has 0 aliphatic carbocycles. The summed E-state index contributed by atoms with van der Waals surface area (Å²) in [6, 6.07) is 3.30. The number of halogens is 1. The Kier molecular flexibility index (Phi) is 4.29. The molecule has 5 nitrogen and oxygen atoms in total. The first kappa shape index (κ1) is 14.4. The topological polar surface area (TPSA) is 72.2 Å². The fraction of sp³-hybridized carbons (Fsp3) is 0.231. The predicted molar refractivity (Wildman–Crippen MR) is 71.6 cm³/mol. The minimum Gasteiger partial charge on any atom is -0.478 e. The van der Waals surface area contributed by atoms with E-state index in [1.54, 1.807) is 17.0 Å². The molecule has 1 atom stereocenters. The molecule has 1 aromatic heterocycles. The van der Waals surface area contributed by atoms with Gasteiger partial charge in [-0.2, -0.15) is 0 Å². The van der Waals surface area contributed by atoms with Crippen LogP contribution in [0.3, 0.4) is 0 Å². The standard InChI is InChI=1S/C13H13FN2O3S/c1-9-15-4-5-16(9)6-7-20(19)12-8-10(13(17)18)2-3-11(12)14/h2-5,8H,6-7H2,1H3,(H,17,18). The maximum Gasteiger partial charge on any atom is 0.335 e. The summed E-state index contributed by atoms with van der Waals surface area (Å²) >= 11 is 0. The van der Waals surface area contributed by atoms with Crippen LogP contribution in [-0.2, 0) is 17.3 Å². The zero-order valence-electron chi connectivity index (χ0n) is 10.7. The van der Waals surface area contributed by atoms with Crippen LogP contribution < -0.4 is 0 Å². The molecule has 0 saturated heterocycles. The lowest BCUT2D eigenvalue weighted by Gasteiger charge is -2.07. The van der Waals surface area contributed by atoms with Gasteiger partial charge in [-0.25, -0.2) is 14.2 Å². The van der Waals surface area contributed by atoms with Crippen molar-refractivity contribution >= 4 is 16.8 Å². The van der Waals surface area contributed by atoms with Crippen LogP contribution in [0.15, 0.2) is 35.5 Å². The van der Waals surface area contributed by atoms with Gasteiger partial charge in [-0.15, -0.1) is 0 Å². The first-order valence-electron chi connectivity index (χ1n) is 5.88. The summed E-state index contributed by atoms with van der Waals surface area (Å²) in [4.78, 5) is 14.8. The molecule has 0 aliphatic heterocycles. The first-order valence-corrected chi connectivity index (χ1v) is 7.20. The maximum atomic E-state index is 13.6. The van der Waals surface area contributed by atoms with Gasteiger partial charge in [-0.05, 0) is 25.1 Å². The molecule has 2 aromatic rings. The van der Waals surface area contributed by atoms with Gasteiger partial charge in [0, 0.05) is 24.7 Å².